The Morgan fingerprint density at radius 2 is 2.28 bits per heavy atom. The summed E-state index contributed by atoms with van der Waals surface area (Å²) in [6.07, 6.45) is 3.24. The molecule has 0 bridgehead atoms. The van der Waals surface area contributed by atoms with Crippen LogP contribution < -0.4 is 5.32 Å². The number of benzene rings is 1. The Labute approximate surface area is 154 Å². The van der Waals surface area contributed by atoms with Gasteiger partial charge in [0, 0.05) is 10.7 Å². The Morgan fingerprint density at radius 1 is 1.44 bits per heavy atom. The SMILES string of the molecule is Cc1ccc(Cl)cc1NC(=O)C(C)Sc1nncn1Cc1ccco1. The Kier molecular flexibility index (Phi) is 5.45. The van der Waals surface area contributed by atoms with Gasteiger partial charge < -0.3 is 14.3 Å². The fraction of sp³-hybridized carbons (Fsp3) is 0.235. The van der Waals surface area contributed by atoms with Crippen molar-refractivity contribution in [2.75, 3.05) is 5.32 Å². The van der Waals surface area contributed by atoms with Gasteiger partial charge in [0.05, 0.1) is 18.1 Å². The zero-order valence-electron chi connectivity index (χ0n) is 13.8. The second-order valence-electron chi connectivity index (χ2n) is 5.53. The maximum atomic E-state index is 12.5. The molecule has 0 spiro atoms. The predicted molar refractivity (Wildman–Crippen MR) is 98.0 cm³/mol. The number of carbonyl (C=O) groups is 1. The molecule has 3 aromatic rings. The second kappa shape index (κ2) is 7.76. The summed E-state index contributed by atoms with van der Waals surface area (Å²) in [5.74, 6) is 0.677. The van der Waals surface area contributed by atoms with Gasteiger partial charge in [-0.15, -0.1) is 10.2 Å². The Balaban J connectivity index is 1.66. The summed E-state index contributed by atoms with van der Waals surface area (Å²) in [6, 6.07) is 9.12. The third-order valence-electron chi connectivity index (χ3n) is 3.60. The molecule has 0 aliphatic carbocycles. The van der Waals surface area contributed by atoms with Crippen LogP contribution in [-0.2, 0) is 11.3 Å². The van der Waals surface area contributed by atoms with Crippen LogP contribution in [0.4, 0.5) is 5.69 Å². The van der Waals surface area contributed by atoms with Crippen LogP contribution in [0, 0.1) is 6.92 Å². The molecular formula is C17H17ClN4O2S. The third-order valence-corrected chi connectivity index (χ3v) is 4.92. The van der Waals surface area contributed by atoms with Gasteiger partial charge in [0.1, 0.15) is 12.1 Å². The number of thioether (sulfide) groups is 1. The highest BCUT2D eigenvalue weighted by Gasteiger charge is 2.19. The molecule has 2 heterocycles. The summed E-state index contributed by atoms with van der Waals surface area (Å²) in [5, 5.41) is 11.8. The first-order chi connectivity index (χ1) is 12.0. The van der Waals surface area contributed by atoms with Crippen LogP contribution in [0.25, 0.3) is 0 Å². The lowest BCUT2D eigenvalue weighted by Gasteiger charge is -2.13. The van der Waals surface area contributed by atoms with Gasteiger partial charge >= 0.3 is 0 Å². The zero-order valence-corrected chi connectivity index (χ0v) is 15.3. The minimum Gasteiger partial charge on any atom is -0.467 e. The van der Waals surface area contributed by atoms with E-state index >= 15 is 0 Å². The van der Waals surface area contributed by atoms with E-state index in [0.717, 1.165) is 11.3 Å². The van der Waals surface area contributed by atoms with Gasteiger partial charge in [-0.25, -0.2) is 0 Å². The van der Waals surface area contributed by atoms with Gasteiger partial charge in [-0.3, -0.25) is 4.79 Å². The maximum Gasteiger partial charge on any atom is 0.237 e. The quantitative estimate of drug-likeness (QED) is 0.658. The van der Waals surface area contributed by atoms with Crippen LogP contribution in [0.2, 0.25) is 5.02 Å². The van der Waals surface area contributed by atoms with E-state index in [1.165, 1.54) is 11.8 Å². The summed E-state index contributed by atoms with van der Waals surface area (Å²) in [7, 11) is 0. The number of anilines is 1. The van der Waals surface area contributed by atoms with Crippen LogP contribution in [-0.4, -0.2) is 25.9 Å². The number of hydrogen-bond acceptors (Lipinski definition) is 5. The maximum absolute atomic E-state index is 12.5. The van der Waals surface area contributed by atoms with Gasteiger partial charge in [-0.2, -0.15) is 0 Å². The van der Waals surface area contributed by atoms with E-state index in [9.17, 15) is 4.79 Å². The van der Waals surface area contributed by atoms with Crippen LogP contribution >= 0.6 is 23.4 Å². The average Bonchev–Trinajstić information content (AvgIpc) is 3.24. The normalized spacial score (nSPS) is 12.1. The third kappa shape index (κ3) is 4.43. The number of aryl methyl sites for hydroxylation is 1. The highest BCUT2D eigenvalue weighted by molar-refractivity contribution is 8.00. The average molecular weight is 377 g/mol. The first-order valence-corrected chi connectivity index (χ1v) is 8.92. The van der Waals surface area contributed by atoms with Gasteiger partial charge in [0.15, 0.2) is 5.16 Å². The lowest BCUT2D eigenvalue weighted by atomic mass is 10.2. The number of hydrogen-bond donors (Lipinski definition) is 1. The molecular weight excluding hydrogens is 360 g/mol. The molecule has 8 heteroatoms. The van der Waals surface area contributed by atoms with Gasteiger partial charge in [0.2, 0.25) is 5.91 Å². The molecule has 1 aromatic carbocycles. The zero-order chi connectivity index (χ0) is 17.8. The van der Waals surface area contributed by atoms with E-state index < -0.39 is 0 Å². The molecule has 0 radical (unpaired) electrons. The number of furan rings is 1. The molecule has 25 heavy (non-hydrogen) atoms. The number of rotatable bonds is 6. The molecule has 1 atom stereocenters. The molecule has 0 aliphatic heterocycles. The van der Waals surface area contributed by atoms with Crippen LogP contribution in [0.5, 0.6) is 0 Å². The van der Waals surface area contributed by atoms with Crippen molar-refractivity contribution < 1.29 is 9.21 Å². The van der Waals surface area contributed by atoms with E-state index in [1.807, 2.05) is 36.6 Å². The number of carbonyl (C=O) groups excluding carboxylic acids is 1. The van der Waals surface area contributed by atoms with Crippen molar-refractivity contribution >= 4 is 35.0 Å². The van der Waals surface area contributed by atoms with Crippen molar-refractivity contribution in [2.45, 2.75) is 30.8 Å². The van der Waals surface area contributed by atoms with E-state index in [1.54, 1.807) is 24.7 Å². The molecule has 6 nitrogen and oxygen atoms in total. The Hall–Kier alpha value is -2.25. The number of halogens is 1. The lowest BCUT2D eigenvalue weighted by molar-refractivity contribution is -0.115. The molecule has 3 rings (SSSR count). The van der Waals surface area contributed by atoms with E-state index in [2.05, 4.69) is 15.5 Å². The van der Waals surface area contributed by atoms with E-state index in [0.29, 0.717) is 22.4 Å². The van der Waals surface area contributed by atoms with Crippen molar-refractivity contribution in [3.05, 3.63) is 59.3 Å². The Bertz CT molecular complexity index is 863. The molecule has 2 aromatic heterocycles. The van der Waals surface area contributed by atoms with Crippen molar-refractivity contribution in [1.82, 2.24) is 14.8 Å². The molecule has 1 unspecified atom stereocenters. The standard InChI is InChI=1S/C17H17ClN4O2S/c1-11-5-6-13(18)8-15(11)20-16(23)12(2)25-17-21-19-10-22(17)9-14-4-3-7-24-14/h3-8,10,12H,9H2,1-2H3,(H,20,23). The molecule has 1 amide bonds. The highest BCUT2D eigenvalue weighted by Crippen LogP contribution is 2.25. The van der Waals surface area contributed by atoms with E-state index in [4.69, 9.17) is 16.0 Å². The second-order valence-corrected chi connectivity index (χ2v) is 7.27. The molecule has 130 valence electrons. The number of amides is 1. The van der Waals surface area contributed by atoms with Crippen molar-refractivity contribution in [3.8, 4) is 0 Å². The van der Waals surface area contributed by atoms with Gasteiger partial charge in [-0.1, -0.05) is 29.4 Å². The summed E-state index contributed by atoms with van der Waals surface area (Å²) < 4.78 is 7.19. The molecule has 0 saturated heterocycles. The first kappa shape index (κ1) is 17.6. The monoisotopic (exact) mass is 376 g/mol. The van der Waals surface area contributed by atoms with Crippen molar-refractivity contribution in [2.24, 2.45) is 0 Å². The number of nitrogens with zero attached hydrogens (tertiary/aromatic N) is 3. The number of aromatic nitrogens is 3. The van der Waals surface area contributed by atoms with Gasteiger partial charge in [-0.05, 0) is 43.7 Å². The molecule has 1 N–H and O–H groups in total. The molecule has 0 aliphatic rings. The van der Waals surface area contributed by atoms with Crippen LogP contribution in [0.15, 0.2) is 52.5 Å². The number of nitrogens with one attached hydrogen (secondary N) is 1. The predicted octanol–water partition coefficient (Wildman–Crippen LogP) is 4.00. The fourth-order valence-corrected chi connectivity index (χ4v) is 3.19. The minimum absolute atomic E-state index is 0.122. The Morgan fingerprint density at radius 3 is 3.04 bits per heavy atom. The lowest BCUT2D eigenvalue weighted by Crippen LogP contribution is -2.23. The van der Waals surface area contributed by atoms with Crippen LogP contribution in [0.1, 0.15) is 18.2 Å². The summed E-state index contributed by atoms with van der Waals surface area (Å²) >= 11 is 7.34. The summed E-state index contributed by atoms with van der Waals surface area (Å²) in [4.78, 5) is 12.5. The molecule has 0 saturated carbocycles. The van der Waals surface area contributed by atoms with Gasteiger partial charge in [0.25, 0.3) is 0 Å². The fourth-order valence-electron chi connectivity index (χ4n) is 2.19. The smallest absolute Gasteiger partial charge is 0.237 e. The van der Waals surface area contributed by atoms with Crippen molar-refractivity contribution in [3.63, 3.8) is 0 Å². The van der Waals surface area contributed by atoms with Crippen LogP contribution in [0.3, 0.4) is 0 Å². The van der Waals surface area contributed by atoms with Crippen molar-refractivity contribution in [1.29, 1.82) is 0 Å². The van der Waals surface area contributed by atoms with E-state index in [-0.39, 0.29) is 11.2 Å². The summed E-state index contributed by atoms with van der Waals surface area (Å²) in [5.41, 5.74) is 1.66. The summed E-state index contributed by atoms with van der Waals surface area (Å²) in [6.45, 7) is 4.26. The largest absolute Gasteiger partial charge is 0.467 e. The topological polar surface area (TPSA) is 73.0 Å². The highest BCUT2D eigenvalue weighted by atomic mass is 35.5. The minimum atomic E-state index is -0.349. The first-order valence-electron chi connectivity index (χ1n) is 7.67. The molecule has 0 fully saturated rings.